The Morgan fingerprint density at radius 3 is 2.83 bits per heavy atom. The quantitative estimate of drug-likeness (QED) is 0.429. The lowest BCUT2D eigenvalue weighted by atomic mass is 10.2. The number of hydrogen-bond donors (Lipinski definition) is 1. The first-order chi connectivity index (χ1) is 5.65. The van der Waals surface area contributed by atoms with Crippen molar-refractivity contribution in [1.29, 1.82) is 5.26 Å². The van der Waals surface area contributed by atoms with Crippen molar-refractivity contribution in [3.05, 3.63) is 22.7 Å². The van der Waals surface area contributed by atoms with E-state index in [2.05, 4.69) is 0 Å². The molecular weight excluding hydrogens is 192 g/mol. The Kier molecular flexibility index (Phi) is 2.85. The fraction of sp³-hybridized carbons (Fsp3) is 0.125. The summed E-state index contributed by atoms with van der Waals surface area (Å²) in [6, 6.07) is 3.47. The van der Waals surface area contributed by atoms with E-state index < -0.39 is 0 Å². The summed E-state index contributed by atoms with van der Waals surface area (Å²) in [4.78, 5) is 0.725. The number of rotatable bonds is 1. The van der Waals surface area contributed by atoms with Gasteiger partial charge >= 0.3 is 0 Å². The maximum atomic E-state index is 8.44. The zero-order valence-corrected chi connectivity index (χ0v) is 8.04. The molecule has 1 aromatic rings. The molecule has 0 spiro atoms. The molecule has 0 amide bonds. The van der Waals surface area contributed by atoms with Gasteiger partial charge in [-0.15, -0.1) is 0 Å². The molecule has 1 aromatic carbocycles. The van der Waals surface area contributed by atoms with Crippen molar-refractivity contribution < 1.29 is 0 Å². The number of aryl methyl sites for hydroxylation is 1. The fourth-order valence-corrected chi connectivity index (χ4v) is 1.75. The number of hydrogen-bond acceptors (Lipinski definition) is 3. The molecule has 0 aliphatic carbocycles. The van der Waals surface area contributed by atoms with Gasteiger partial charge in [0.2, 0.25) is 0 Å². The molecule has 0 aliphatic rings. The number of thiocyanates is 1. The summed E-state index contributed by atoms with van der Waals surface area (Å²) in [7, 11) is 0. The first-order valence-electron chi connectivity index (χ1n) is 3.26. The third kappa shape index (κ3) is 1.84. The highest BCUT2D eigenvalue weighted by molar-refractivity contribution is 8.03. The molecule has 0 unspecified atom stereocenters. The van der Waals surface area contributed by atoms with Crippen LogP contribution in [0.15, 0.2) is 17.0 Å². The lowest BCUT2D eigenvalue weighted by molar-refractivity contribution is 1.37. The highest BCUT2D eigenvalue weighted by Gasteiger charge is 2.04. The van der Waals surface area contributed by atoms with E-state index in [4.69, 9.17) is 22.6 Å². The lowest BCUT2D eigenvalue weighted by Gasteiger charge is -2.04. The molecular formula is C8H7ClN2S. The van der Waals surface area contributed by atoms with E-state index in [0.717, 1.165) is 22.2 Å². The van der Waals surface area contributed by atoms with Crippen LogP contribution in [0.1, 0.15) is 5.56 Å². The Hall–Kier alpha value is -0.850. The Morgan fingerprint density at radius 1 is 1.58 bits per heavy atom. The number of nitriles is 1. The molecule has 0 saturated carbocycles. The van der Waals surface area contributed by atoms with Crippen LogP contribution in [0.3, 0.4) is 0 Å². The molecule has 1 rings (SSSR count). The standard InChI is InChI=1S/C8H7ClN2S/c1-5-2-6(9)3-7(8(5)11)12-4-10/h2-3H,11H2,1H3. The van der Waals surface area contributed by atoms with Crippen LogP contribution in [0.2, 0.25) is 5.02 Å². The van der Waals surface area contributed by atoms with E-state index in [0.29, 0.717) is 10.7 Å². The molecule has 2 N–H and O–H groups in total. The monoisotopic (exact) mass is 198 g/mol. The van der Waals surface area contributed by atoms with E-state index in [-0.39, 0.29) is 0 Å². The van der Waals surface area contributed by atoms with E-state index in [1.165, 1.54) is 0 Å². The largest absolute Gasteiger partial charge is 0.398 e. The Morgan fingerprint density at radius 2 is 2.25 bits per heavy atom. The van der Waals surface area contributed by atoms with Gasteiger partial charge in [-0.1, -0.05) is 11.6 Å². The van der Waals surface area contributed by atoms with Gasteiger partial charge in [0.05, 0.1) is 0 Å². The fourth-order valence-electron chi connectivity index (χ4n) is 0.857. The van der Waals surface area contributed by atoms with Crippen LogP contribution in [0.25, 0.3) is 0 Å². The third-order valence-corrected chi connectivity index (χ3v) is 2.34. The van der Waals surface area contributed by atoms with Gasteiger partial charge in [-0.3, -0.25) is 0 Å². The second kappa shape index (κ2) is 3.70. The van der Waals surface area contributed by atoms with Gasteiger partial charge in [0.1, 0.15) is 5.40 Å². The molecule has 0 radical (unpaired) electrons. The second-order valence-corrected chi connectivity index (χ2v) is 3.59. The average molecular weight is 199 g/mol. The molecule has 0 aromatic heterocycles. The van der Waals surface area contributed by atoms with Crippen molar-refractivity contribution in [2.45, 2.75) is 11.8 Å². The SMILES string of the molecule is Cc1cc(Cl)cc(SC#N)c1N. The number of benzene rings is 1. The predicted octanol–water partition coefficient (Wildman–Crippen LogP) is 2.80. The molecule has 0 atom stereocenters. The molecule has 0 fully saturated rings. The topological polar surface area (TPSA) is 49.8 Å². The highest BCUT2D eigenvalue weighted by Crippen LogP contribution is 2.30. The number of halogens is 1. The predicted molar refractivity (Wildman–Crippen MR) is 52.1 cm³/mol. The summed E-state index contributed by atoms with van der Waals surface area (Å²) in [6.07, 6.45) is 0. The van der Waals surface area contributed by atoms with Gasteiger partial charge in [0.15, 0.2) is 0 Å². The molecule has 0 bridgehead atoms. The normalized spacial score (nSPS) is 9.42. The second-order valence-electron chi connectivity index (χ2n) is 2.33. The molecule has 0 saturated heterocycles. The summed E-state index contributed by atoms with van der Waals surface area (Å²) in [5.41, 5.74) is 7.24. The highest BCUT2D eigenvalue weighted by atomic mass is 35.5. The minimum Gasteiger partial charge on any atom is -0.398 e. The van der Waals surface area contributed by atoms with Crippen LogP contribution in [0, 0.1) is 17.6 Å². The van der Waals surface area contributed by atoms with Crippen LogP contribution >= 0.6 is 23.4 Å². The van der Waals surface area contributed by atoms with Crippen LogP contribution in [0.5, 0.6) is 0 Å². The first kappa shape index (κ1) is 9.24. The molecule has 4 heteroatoms. The summed E-state index contributed by atoms with van der Waals surface area (Å²) >= 11 is 6.81. The van der Waals surface area contributed by atoms with Crippen LogP contribution in [-0.2, 0) is 0 Å². The smallest absolute Gasteiger partial charge is 0.138 e. The third-order valence-electron chi connectivity index (χ3n) is 1.47. The zero-order chi connectivity index (χ0) is 9.14. The van der Waals surface area contributed by atoms with Gasteiger partial charge in [-0.2, -0.15) is 5.26 Å². The zero-order valence-electron chi connectivity index (χ0n) is 6.47. The average Bonchev–Trinajstić information content (AvgIpc) is 2.00. The van der Waals surface area contributed by atoms with Crippen molar-refractivity contribution in [3.8, 4) is 5.40 Å². The van der Waals surface area contributed by atoms with E-state index in [9.17, 15) is 0 Å². The molecule has 2 nitrogen and oxygen atoms in total. The van der Waals surface area contributed by atoms with Crippen LogP contribution < -0.4 is 5.73 Å². The molecule has 62 valence electrons. The van der Waals surface area contributed by atoms with Crippen molar-refractivity contribution in [2.75, 3.05) is 5.73 Å². The summed E-state index contributed by atoms with van der Waals surface area (Å²) in [6.45, 7) is 1.86. The molecule has 12 heavy (non-hydrogen) atoms. The van der Waals surface area contributed by atoms with Crippen LogP contribution in [-0.4, -0.2) is 0 Å². The maximum absolute atomic E-state index is 8.44. The van der Waals surface area contributed by atoms with Crippen molar-refractivity contribution >= 4 is 29.1 Å². The number of nitrogens with zero attached hydrogens (tertiary/aromatic N) is 1. The summed E-state index contributed by atoms with van der Waals surface area (Å²) < 4.78 is 0. The van der Waals surface area contributed by atoms with Gasteiger partial charge in [-0.25, -0.2) is 0 Å². The van der Waals surface area contributed by atoms with Gasteiger partial charge in [0, 0.05) is 15.6 Å². The van der Waals surface area contributed by atoms with Crippen molar-refractivity contribution in [2.24, 2.45) is 0 Å². The Balaban J connectivity index is 3.20. The summed E-state index contributed by atoms with van der Waals surface area (Å²) in [5.74, 6) is 0. The van der Waals surface area contributed by atoms with Gasteiger partial charge < -0.3 is 5.73 Å². The maximum Gasteiger partial charge on any atom is 0.138 e. The van der Waals surface area contributed by atoms with Crippen molar-refractivity contribution in [3.63, 3.8) is 0 Å². The minimum atomic E-state index is 0.611. The first-order valence-corrected chi connectivity index (χ1v) is 4.46. The Bertz CT molecular complexity index is 344. The van der Waals surface area contributed by atoms with Gasteiger partial charge in [0.25, 0.3) is 0 Å². The molecule has 0 aliphatic heterocycles. The minimum absolute atomic E-state index is 0.611. The van der Waals surface area contributed by atoms with E-state index >= 15 is 0 Å². The Labute approximate surface area is 80.3 Å². The van der Waals surface area contributed by atoms with E-state index in [1.807, 2.05) is 12.3 Å². The van der Waals surface area contributed by atoms with Crippen LogP contribution in [0.4, 0.5) is 5.69 Å². The van der Waals surface area contributed by atoms with E-state index in [1.54, 1.807) is 12.1 Å². The number of nitrogen functional groups attached to an aromatic ring is 1. The number of anilines is 1. The number of nitrogens with two attached hydrogens (primary N) is 1. The molecule has 0 heterocycles. The summed E-state index contributed by atoms with van der Waals surface area (Å²) in [5, 5.41) is 11.0. The number of thioether (sulfide) groups is 1. The van der Waals surface area contributed by atoms with Gasteiger partial charge in [-0.05, 0) is 36.4 Å². The lowest BCUT2D eigenvalue weighted by Crippen LogP contribution is -1.91. The van der Waals surface area contributed by atoms with Crippen molar-refractivity contribution in [1.82, 2.24) is 0 Å².